The van der Waals surface area contributed by atoms with Gasteiger partial charge in [-0.25, -0.2) is 0 Å². The maximum absolute atomic E-state index is 13.0. The van der Waals surface area contributed by atoms with Gasteiger partial charge < -0.3 is 10.1 Å². The maximum Gasteiger partial charge on any atom is 0.241 e. The minimum absolute atomic E-state index is 0.261. The van der Waals surface area contributed by atoms with Crippen LogP contribution in [-0.2, 0) is 9.53 Å². The third kappa shape index (κ3) is 4.40. The smallest absolute Gasteiger partial charge is 0.241 e. The third-order valence-corrected chi connectivity index (χ3v) is 8.30. The summed E-state index contributed by atoms with van der Waals surface area (Å²) in [5.41, 5.74) is 1.21. The molecule has 3 saturated heterocycles. The summed E-state index contributed by atoms with van der Waals surface area (Å²) in [7, 11) is 0. The van der Waals surface area contributed by atoms with E-state index in [0.717, 1.165) is 65.3 Å². The second-order valence-electron chi connectivity index (χ2n) is 9.82. The maximum atomic E-state index is 13.0. The van der Waals surface area contributed by atoms with Crippen molar-refractivity contribution in [3.63, 3.8) is 0 Å². The van der Waals surface area contributed by atoms with E-state index >= 15 is 0 Å². The largest absolute Gasteiger partial charge is 0.379 e. The molecule has 1 aromatic carbocycles. The molecule has 6 nitrogen and oxygen atoms in total. The lowest BCUT2D eigenvalue weighted by Gasteiger charge is -2.48. The first-order valence-electron chi connectivity index (χ1n) is 12.4. The molecule has 1 spiro atoms. The number of carbonyl (C=O) groups is 1. The van der Waals surface area contributed by atoms with Crippen molar-refractivity contribution in [3.05, 3.63) is 35.9 Å². The molecule has 6 heteroatoms. The molecule has 2 unspecified atom stereocenters. The molecular formula is C25H38N4O2. The van der Waals surface area contributed by atoms with Crippen molar-refractivity contribution in [2.75, 3.05) is 59.2 Å². The number of piperidine rings is 1. The van der Waals surface area contributed by atoms with Crippen LogP contribution in [0.1, 0.15) is 50.0 Å². The highest BCUT2D eigenvalue weighted by atomic mass is 16.5. The van der Waals surface area contributed by atoms with Crippen LogP contribution in [0.3, 0.4) is 0 Å². The van der Waals surface area contributed by atoms with E-state index in [0.29, 0.717) is 18.6 Å². The average molecular weight is 427 g/mol. The molecule has 3 aliphatic heterocycles. The number of hydrogen-bond acceptors (Lipinski definition) is 5. The Hall–Kier alpha value is -1.47. The van der Waals surface area contributed by atoms with Crippen LogP contribution >= 0.6 is 0 Å². The van der Waals surface area contributed by atoms with Crippen molar-refractivity contribution >= 4 is 5.91 Å². The number of nitrogens with zero attached hydrogens (tertiary/aromatic N) is 3. The number of hydrogen-bond donors (Lipinski definition) is 1. The van der Waals surface area contributed by atoms with E-state index in [1.807, 2.05) is 0 Å². The van der Waals surface area contributed by atoms with Crippen molar-refractivity contribution in [3.8, 4) is 0 Å². The van der Waals surface area contributed by atoms with E-state index in [1.54, 1.807) is 0 Å². The van der Waals surface area contributed by atoms with Crippen LogP contribution in [0.4, 0.5) is 0 Å². The second-order valence-corrected chi connectivity index (χ2v) is 9.82. The van der Waals surface area contributed by atoms with E-state index in [4.69, 9.17) is 4.74 Å². The Labute approximate surface area is 186 Å². The molecule has 170 valence electrons. The number of rotatable bonds is 5. The molecule has 31 heavy (non-hydrogen) atoms. The normalized spacial score (nSPS) is 30.5. The van der Waals surface area contributed by atoms with Crippen LogP contribution in [0, 0.1) is 0 Å². The Balaban J connectivity index is 1.23. The van der Waals surface area contributed by atoms with Gasteiger partial charge in [0.25, 0.3) is 0 Å². The van der Waals surface area contributed by atoms with Crippen LogP contribution in [0.15, 0.2) is 30.3 Å². The minimum Gasteiger partial charge on any atom is -0.379 e. The predicted molar refractivity (Wildman–Crippen MR) is 122 cm³/mol. The summed E-state index contributed by atoms with van der Waals surface area (Å²) in [6.45, 7) is 8.47. The molecule has 5 rings (SSSR count). The predicted octanol–water partition coefficient (Wildman–Crippen LogP) is 2.27. The Kier molecular flexibility index (Phi) is 6.60. The highest BCUT2D eigenvalue weighted by Gasteiger charge is 2.51. The lowest BCUT2D eigenvalue weighted by Crippen LogP contribution is -2.59. The summed E-state index contributed by atoms with van der Waals surface area (Å²) in [4.78, 5) is 20.6. The molecule has 0 bridgehead atoms. The van der Waals surface area contributed by atoms with Crippen LogP contribution < -0.4 is 5.32 Å². The van der Waals surface area contributed by atoms with Gasteiger partial charge in [-0.2, -0.15) is 0 Å². The van der Waals surface area contributed by atoms with E-state index in [-0.39, 0.29) is 11.4 Å². The number of likely N-dealkylation sites (tertiary alicyclic amines) is 1. The standard InChI is InChI=1S/C25H38N4O2/c30-24-25(29(20-26-24)15-14-27-16-18-31-19-17-27)10-12-28(13-11-25)23-9-5-4-8-22(23)21-6-2-1-3-7-21/h1-3,6-7,22-23H,4-5,8-20H2,(H,26,30). The van der Waals surface area contributed by atoms with E-state index in [9.17, 15) is 4.79 Å². The van der Waals surface area contributed by atoms with E-state index in [1.165, 1.54) is 31.2 Å². The highest BCUT2D eigenvalue weighted by molar-refractivity contribution is 5.88. The SMILES string of the molecule is O=C1NCN(CCN2CCOCC2)C12CCN(C1CCCCC1c1ccccc1)CC2. The number of ether oxygens (including phenoxy) is 1. The van der Waals surface area contributed by atoms with E-state index < -0.39 is 0 Å². The number of nitrogens with one attached hydrogen (secondary N) is 1. The zero-order chi connectivity index (χ0) is 21.1. The van der Waals surface area contributed by atoms with Gasteiger partial charge >= 0.3 is 0 Å². The van der Waals surface area contributed by atoms with Crippen LogP contribution in [0.25, 0.3) is 0 Å². The van der Waals surface area contributed by atoms with E-state index in [2.05, 4.69) is 50.3 Å². The topological polar surface area (TPSA) is 48.1 Å². The zero-order valence-corrected chi connectivity index (χ0v) is 18.8. The fraction of sp³-hybridized carbons (Fsp3) is 0.720. The van der Waals surface area contributed by atoms with Gasteiger partial charge in [0, 0.05) is 45.3 Å². The van der Waals surface area contributed by atoms with Gasteiger partial charge in [0.2, 0.25) is 5.91 Å². The number of carbonyl (C=O) groups excluding carboxylic acids is 1. The zero-order valence-electron chi connectivity index (χ0n) is 18.8. The van der Waals surface area contributed by atoms with Crippen molar-refractivity contribution in [1.29, 1.82) is 0 Å². The molecule has 1 saturated carbocycles. The summed E-state index contributed by atoms with van der Waals surface area (Å²) < 4.78 is 5.48. The summed E-state index contributed by atoms with van der Waals surface area (Å²) >= 11 is 0. The molecule has 2 atom stereocenters. The monoisotopic (exact) mass is 426 g/mol. The molecule has 4 aliphatic rings. The van der Waals surface area contributed by atoms with Gasteiger partial charge in [-0.05, 0) is 37.2 Å². The minimum atomic E-state index is -0.292. The van der Waals surface area contributed by atoms with Gasteiger partial charge in [-0.3, -0.25) is 19.5 Å². The summed E-state index contributed by atoms with van der Waals surface area (Å²) in [6.07, 6.45) is 7.18. The molecule has 1 N–H and O–H groups in total. The second kappa shape index (κ2) is 9.57. The lowest BCUT2D eigenvalue weighted by atomic mass is 9.77. The third-order valence-electron chi connectivity index (χ3n) is 8.30. The van der Waals surface area contributed by atoms with Crippen molar-refractivity contribution < 1.29 is 9.53 Å². The fourth-order valence-corrected chi connectivity index (χ4v) is 6.41. The molecule has 4 fully saturated rings. The first kappa shape index (κ1) is 21.4. The Morgan fingerprint density at radius 1 is 0.968 bits per heavy atom. The number of benzene rings is 1. The average Bonchev–Trinajstić information content (AvgIpc) is 3.14. The van der Waals surface area contributed by atoms with Gasteiger partial charge in [0.15, 0.2) is 0 Å². The quantitative estimate of drug-likeness (QED) is 0.783. The Morgan fingerprint density at radius 3 is 2.48 bits per heavy atom. The number of amides is 1. The lowest BCUT2D eigenvalue weighted by molar-refractivity contribution is -0.129. The van der Waals surface area contributed by atoms with Crippen LogP contribution in [-0.4, -0.2) is 91.3 Å². The van der Waals surface area contributed by atoms with Gasteiger partial charge in [-0.15, -0.1) is 0 Å². The van der Waals surface area contributed by atoms with Crippen LogP contribution in [0.2, 0.25) is 0 Å². The summed E-state index contributed by atoms with van der Waals surface area (Å²) in [6, 6.07) is 11.7. The number of morpholine rings is 1. The Morgan fingerprint density at radius 2 is 1.71 bits per heavy atom. The first-order valence-corrected chi connectivity index (χ1v) is 12.4. The van der Waals surface area contributed by atoms with Gasteiger partial charge in [-0.1, -0.05) is 43.2 Å². The van der Waals surface area contributed by atoms with Crippen molar-refractivity contribution in [2.45, 2.75) is 56.0 Å². The van der Waals surface area contributed by atoms with Crippen molar-refractivity contribution in [2.24, 2.45) is 0 Å². The summed E-state index contributed by atoms with van der Waals surface area (Å²) in [5, 5.41) is 3.17. The highest BCUT2D eigenvalue weighted by Crippen LogP contribution is 2.40. The van der Waals surface area contributed by atoms with Gasteiger partial charge in [0.05, 0.1) is 19.9 Å². The molecule has 0 radical (unpaired) electrons. The first-order chi connectivity index (χ1) is 15.3. The van der Waals surface area contributed by atoms with Crippen LogP contribution in [0.5, 0.6) is 0 Å². The van der Waals surface area contributed by atoms with Gasteiger partial charge in [0.1, 0.15) is 5.54 Å². The molecule has 1 aliphatic carbocycles. The molecule has 0 aromatic heterocycles. The van der Waals surface area contributed by atoms with Crippen molar-refractivity contribution in [1.82, 2.24) is 20.0 Å². The molecule has 1 amide bonds. The molecule has 3 heterocycles. The fourth-order valence-electron chi connectivity index (χ4n) is 6.41. The molecular weight excluding hydrogens is 388 g/mol. The Bertz CT molecular complexity index is 728. The summed E-state index contributed by atoms with van der Waals surface area (Å²) in [5.74, 6) is 0.899. The molecule has 1 aromatic rings.